The molecule has 164 valence electrons. The van der Waals surface area contributed by atoms with Gasteiger partial charge in [-0.25, -0.2) is 0 Å². The fourth-order valence-electron chi connectivity index (χ4n) is 5.19. The molecule has 3 heteroatoms. The largest absolute Gasteiger partial charge is 0.392 e. The zero-order valence-electron chi connectivity index (χ0n) is 19.0. The Morgan fingerprint density at radius 2 is 2.03 bits per heavy atom. The van der Waals surface area contributed by atoms with Crippen molar-refractivity contribution in [1.29, 1.82) is 0 Å². The van der Waals surface area contributed by atoms with Gasteiger partial charge in [0.05, 0.1) is 6.10 Å². The minimum atomic E-state index is -0.191. The van der Waals surface area contributed by atoms with Gasteiger partial charge in [0.25, 0.3) is 0 Å². The van der Waals surface area contributed by atoms with Crippen LogP contribution in [0, 0.1) is 24.7 Å². The van der Waals surface area contributed by atoms with Gasteiger partial charge in [-0.2, -0.15) is 0 Å². The number of carbonyl (C=O) groups excluding carboxylic acids is 1. The topological polar surface area (TPSA) is 40.5 Å². The molecule has 2 aliphatic carbocycles. The lowest BCUT2D eigenvalue weighted by Crippen LogP contribution is -2.21. The van der Waals surface area contributed by atoms with Gasteiger partial charge >= 0.3 is 0 Å². The summed E-state index contributed by atoms with van der Waals surface area (Å²) < 4.78 is 0. The quantitative estimate of drug-likeness (QED) is 0.411. The van der Waals surface area contributed by atoms with Crippen LogP contribution in [0.3, 0.4) is 0 Å². The Kier molecular flexibility index (Phi) is 8.32. The predicted molar refractivity (Wildman–Crippen MR) is 124 cm³/mol. The van der Waals surface area contributed by atoms with E-state index in [0.29, 0.717) is 24.2 Å². The monoisotopic (exact) mass is 409 g/mol. The second kappa shape index (κ2) is 10.9. The molecular formula is C27H39NO2. The Morgan fingerprint density at radius 1 is 1.20 bits per heavy atom. The molecule has 4 atom stereocenters. The van der Waals surface area contributed by atoms with E-state index in [9.17, 15) is 9.90 Å². The molecule has 1 aromatic carbocycles. The maximum absolute atomic E-state index is 11.7. The Morgan fingerprint density at radius 3 is 2.80 bits per heavy atom. The molecule has 30 heavy (non-hydrogen) atoms. The van der Waals surface area contributed by atoms with Crippen LogP contribution in [-0.2, 0) is 11.2 Å². The lowest BCUT2D eigenvalue weighted by atomic mass is 9.88. The highest BCUT2D eigenvalue weighted by molar-refractivity contribution is 5.75. The third-order valence-electron chi connectivity index (χ3n) is 6.86. The van der Waals surface area contributed by atoms with Crippen molar-refractivity contribution in [3.63, 3.8) is 0 Å². The van der Waals surface area contributed by atoms with Crippen LogP contribution >= 0.6 is 0 Å². The van der Waals surface area contributed by atoms with E-state index in [2.05, 4.69) is 49.4 Å². The summed E-state index contributed by atoms with van der Waals surface area (Å²) in [5.74, 6) is 1.65. The zero-order chi connectivity index (χ0) is 21.5. The molecule has 1 saturated carbocycles. The standard InChI is InChI=1S/C27H39NO2/c1-20-10-9-13-21(16-20)11-5-4-6-14-24-25-18-22(17-23(25)19-26(24)29)12-7-8-15-27(30)28(2)3/h6,9-10,13-14,16-17,23-26,29H,4-5,7-8,11-12,15,18-19H2,1-3H3/b14-6+/t23-,24+,25-,26+/m0/s1. The van der Waals surface area contributed by atoms with Crippen molar-refractivity contribution in [2.24, 2.45) is 17.8 Å². The molecule has 0 spiro atoms. The number of benzene rings is 1. The van der Waals surface area contributed by atoms with E-state index in [4.69, 9.17) is 0 Å². The van der Waals surface area contributed by atoms with Gasteiger partial charge < -0.3 is 10.0 Å². The summed E-state index contributed by atoms with van der Waals surface area (Å²) in [6.07, 6.45) is 16.1. The van der Waals surface area contributed by atoms with Crippen LogP contribution in [-0.4, -0.2) is 36.1 Å². The first kappa shape index (κ1) is 22.8. The third-order valence-corrected chi connectivity index (χ3v) is 6.86. The molecule has 2 aliphatic rings. The summed E-state index contributed by atoms with van der Waals surface area (Å²) in [4.78, 5) is 13.4. The number of hydrogen-bond acceptors (Lipinski definition) is 2. The Balaban J connectivity index is 1.39. The maximum atomic E-state index is 11.7. The first-order valence-corrected chi connectivity index (χ1v) is 11.7. The number of aliphatic hydroxyl groups is 1. The van der Waals surface area contributed by atoms with E-state index in [1.54, 1.807) is 10.5 Å². The van der Waals surface area contributed by atoms with E-state index in [-0.39, 0.29) is 12.0 Å². The minimum Gasteiger partial charge on any atom is -0.392 e. The van der Waals surface area contributed by atoms with Crippen molar-refractivity contribution in [1.82, 2.24) is 4.90 Å². The Labute approximate surface area is 182 Å². The van der Waals surface area contributed by atoms with Gasteiger partial charge in [0.2, 0.25) is 5.91 Å². The van der Waals surface area contributed by atoms with Gasteiger partial charge in [0.15, 0.2) is 0 Å². The average Bonchev–Trinajstić information content (AvgIpc) is 3.21. The van der Waals surface area contributed by atoms with Crippen molar-refractivity contribution < 1.29 is 9.90 Å². The summed E-state index contributed by atoms with van der Waals surface area (Å²) in [5, 5.41) is 10.6. The van der Waals surface area contributed by atoms with Crippen LogP contribution in [0.4, 0.5) is 0 Å². The molecule has 0 heterocycles. The van der Waals surface area contributed by atoms with Crippen molar-refractivity contribution in [2.75, 3.05) is 14.1 Å². The molecule has 0 radical (unpaired) electrons. The second-order valence-electron chi connectivity index (χ2n) is 9.54. The van der Waals surface area contributed by atoms with Crippen LogP contribution in [0.25, 0.3) is 0 Å². The van der Waals surface area contributed by atoms with E-state index in [1.165, 1.54) is 11.1 Å². The number of nitrogens with zero attached hydrogens (tertiary/aromatic N) is 1. The predicted octanol–water partition coefficient (Wildman–Crippen LogP) is 5.47. The number of amides is 1. The van der Waals surface area contributed by atoms with Crippen LogP contribution in [0.1, 0.15) is 62.5 Å². The van der Waals surface area contributed by atoms with Gasteiger partial charge in [-0.15, -0.1) is 0 Å². The number of hydrogen-bond donors (Lipinski definition) is 1. The summed E-state index contributed by atoms with van der Waals surface area (Å²) in [6, 6.07) is 8.77. The molecule has 0 saturated heterocycles. The molecule has 1 N–H and O–H groups in total. The number of rotatable bonds is 10. The first-order valence-electron chi connectivity index (χ1n) is 11.7. The maximum Gasteiger partial charge on any atom is 0.222 e. The minimum absolute atomic E-state index is 0.191. The normalized spacial score (nSPS) is 25.5. The van der Waals surface area contributed by atoms with Crippen molar-refractivity contribution >= 4 is 5.91 Å². The van der Waals surface area contributed by atoms with Crippen LogP contribution in [0.5, 0.6) is 0 Å². The van der Waals surface area contributed by atoms with Gasteiger partial charge in [0, 0.05) is 26.4 Å². The number of aryl methyl sites for hydroxylation is 2. The lowest BCUT2D eigenvalue weighted by Gasteiger charge is -2.18. The summed E-state index contributed by atoms with van der Waals surface area (Å²) in [6.45, 7) is 2.15. The van der Waals surface area contributed by atoms with E-state index in [1.807, 2.05) is 14.1 Å². The molecule has 1 amide bonds. The van der Waals surface area contributed by atoms with E-state index >= 15 is 0 Å². The number of allylic oxidation sites excluding steroid dienone is 3. The number of aliphatic hydroxyl groups excluding tert-OH is 1. The number of carbonyl (C=O) groups is 1. The van der Waals surface area contributed by atoms with Gasteiger partial charge in [-0.1, -0.05) is 53.6 Å². The molecule has 0 aliphatic heterocycles. The van der Waals surface area contributed by atoms with Crippen molar-refractivity contribution in [3.8, 4) is 0 Å². The molecule has 3 nitrogen and oxygen atoms in total. The fourth-order valence-corrected chi connectivity index (χ4v) is 5.19. The highest BCUT2D eigenvalue weighted by atomic mass is 16.3. The summed E-state index contributed by atoms with van der Waals surface area (Å²) in [7, 11) is 3.65. The molecule has 0 bridgehead atoms. The summed E-state index contributed by atoms with van der Waals surface area (Å²) >= 11 is 0. The van der Waals surface area contributed by atoms with Crippen molar-refractivity contribution in [3.05, 3.63) is 59.2 Å². The molecule has 1 aromatic rings. The van der Waals surface area contributed by atoms with Gasteiger partial charge in [-0.3, -0.25) is 4.79 Å². The Bertz CT molecular complexity index is 764. The van der Waals surface area contributed by atoms with Crippen LogP contribution < -0.4 is 0 Å². The highest BCUT2D eigenvalue weighted by Crippen LogP contribution is 2.48. The highest BCUT2D eigenvalue weighted by Gasteiger charge is 2.43. The molecule has 1 fully saturated rings. The Hall–Kier alpha value is -1.87. The SMILES string of the molecule is Cc1cccc(CCC/C=C/[C@@H]2[C@H]3CC(CCCCC(=O)N(C)C)=C[C@H]3C[C@H]2O)c1. The van der Waals surface area contributed by atoms with Crippen LogP contribution in [0.2, 0.25) is 0 Å². The fraction of sp³-hybridized carbons (Fsp3) is 0.593. The number of unbranched alkanes of at least 4 members (excludes halogenated alkanes) is 2. The van der Waals surface area contributed by atoms with Gasteiger partial charge in [0.1, 0.15) is 0 Å². The van der Waals surface area contributed by atoms with Crippen molar-refractivity contribution in [2.45, 2.75) is 70.8 Å². The lowest BCUT2D eigenvalue weighted by molar-refractivity contribution is -0.128. The second-order valence-corrected chi connectivity index (χ2v) is 9.54. The molecule has 3 rings (SSSR count). The smallest absolute Gasteiger partial charge is 0.222 e. The molecule has 0 aromatic heterocycles. The average molecular weight is 410 g/mol. The summed E-state index contributed by atoms with van der Waals surface area (Å²) in [5.41, 5.74) is 4.30. The van der Waals surface area contributed by atoms with Crippen LogP contribution in [0.15, 0.2) is 48.1 Å². The number of fused-ring (bicyclic) bond motifs is 1. The van der Waals surface area contributed by atoms with E-state index in [0.717, 1.165) is 51.4 Å². The third kappa shape index (κ3) is 6.31. The van der Waals surface area contributed by atoms with E-state index < -0.39 is 0 Å². The molecule has 0 unspecified atom stereocenters. The molecular weight excluding hydrogens is 370 g/mol. The first-order chi connectivity index (χ1) is 14.4. The van der Waals surface area contributed by atoms with Gasteiger partial charge in [-0.05, 0) is 75.7 Å². The zero-order valence-corrected chi connectivity index (χ0v) is 19.0.